The molecule has 0 aromatic heterocycles. The lowest BCUT2D eigenvalue weighted by atomic mass is 9.69. The first-order valence-electron chi connectivity index (χ1n) is 5.41. The van der Waals surface area contributed by atoms with Crippen molar-refractivity contribution in [1.82, 2.24) is 0 Å². The van der Waals surface area contributed by atoms with Crippen LogP contribution in [-0.2, 0) is 4.89 Å². The maximum atomic E-state index is 9.01. The molecule has 0 aliphatic rings. The van der Waals surface area contributed by atoms with Crippen molar-refractivity contribution in [1.29, 1.82) is 0 Å². The molecule has 0 bridgehead atoms. The Morgan fingerprint density at radius 3 is 1.71 bits per heavy atom. The zero-order chi connectivity index (χ0) is 11.6. The van der Waals surface area contributed by atoms with Crippen LogP contribution in [0.5, 0.6) is 0 Å². The van der Waals surface area contributed by atoms with E-state index >= 15 is 0 Å². The molecule has 1 N–H and O–H groups in total. The van der Waals surface area contributed by atoms with Gasteiger partial charge in [-0.05, 0) is 23.2 Å². The summed E-state index contributed by atoms with van der Waals surface area (Å²) in [6, 6.07) is 0. The maximum absolute atomic E-state index is 9.01. The molecule has 0 amide bonds. The Bertz CT molecular complexity index is 166. The zero-order valence-corrected chi connectivity index (χ0v) is 10.7. The van der Waals surface area contributed by atoms with Gasteiger partial charge in [-0.2, -0.15) is 0 Å². The smallest absolute Gasteiger partial charge is 0.103 e. The quantitative estimate of drug-likeness (QED) is 0.552. The summed E-state index contributed by atoms with van der Waals surface area (Å²) in [6.07, 6.45) is 0.924. The van der Waals surface area contributed by atoms with Crippen molar-refractivity contribution in [3.63, 3.8) is 0 Å². The topological polar surface area (TPSA) is 29.5 Å². The van der Waals surface area contributed by atoms with Gasteiger partial charge in [0.15, 0.2) is 0 Å². The fraction of sp³-hybridized carbons (Fsp3) is 1.00. The summed E-state index contributed by atoms with van der Waals surface area (Å²) in [4.78, 5) is 4.68. The van der Waals surface area contributed by atoms with Crippen molar-refractivity contribution < 1.29 is 10.1 Å². The molecular weight excluding hydrogens is 176 g/mol. The van der Waals surface area contributed by atoms with Gasteiger partial charge in [-0.15, -0.1) is 0 Å². The third kappa shape index (κ3) is 3.97. The van der Waals surface area contributed by atoms with Crippen LogP contribution < -0.4 is 0 Å². The van der Waals surface area contributed by atoms with E-state index in [4.69, 9.17) is 5.26 Å². The van der Waals surface area contributed by atoms with E-state index in [1.807, 2.05) is 0 Å². The molecule has 0 aromatic rings. The SMILES string of the molecule is CC(C)CC(C)(C)C(OO)C(C)(C)C. The minimum absolute atomic E-state index is 0.00116. The Morgan fingerprint density at radius 2 is 1.50 bits per heavy atom. The Morgan fingerprint density at radius 1 is 1.07 bits per heavy atom. The highest BCUT2D eigenvalue weighted by Crippen LogP contribution is 2.40. The summed E-state index contributed by atoms with van der Waals surface area (Å²) >= 11 is 0. The molecule has 0 aromatic carbocycles. The summed E-state index contributed by atoms with van der Waals surface area (Å²) < 4.78 is 0. The highest BCUT2D eigenvalue weighted by molar-refractivity contribution is 4.87. The summed E-state index contributed by atoms with van der Waals surface area (Å²) in [7, 11) is 0. The van der Waals surface area contributed by atoms with Crippen LogP contribution in [-0.4, -0.2) is 11.4 Å². The molecule has 0 aliphatic carbocycles. The normalized spacial score (nSPS) is 16.1. The van der Waals surface area contributed by atoms with E-state index in [0.29, 0.717) is 5.92 Å². The molecule has 0 aliphatic heterocycles. The van der Waals surface area contributed by atoms with Crippen molar-refractivity contribution in [2.24, 2.45) is 16.7 Å². The summed E-state index contributed by atoms with van der Waals surface area (Å²) in [5.74, 6) is 0.616. The van der Waals surface area contributed by atoms with Gasteiger partial charge in [-0.1, -0.05) is 48.5 Å². The zero-order valence-electron chi connectivity index (χ0n) is 10.7. The fourth-order valence-electron chi connectivity index (χ4n) is 2.63. The molecule has 1 unspecified atom stereocenters. The van der Waals surface area contributed by atoms with Crippen LogP contribution in [0.2, 0.25) is 0 Å². The lowest BCUT2D eigenvalue weighted by molar-refractivity contribution is -0.325. The molecule has 0 spiro atoms. The van der Waals surface area contributed by atoms with E-state index < -0.39 is 0 Å². The molecular formula is C12H26O2. The van der Waals surface area contributed by atoms with Crippen LogP contribution in [0.4, 0.5) is 0 Å². The lowest BCUT2D eigenvalue weighted by Crippen LogP contribution is -2.42. The van der Waals surface area contributed by atoms with Crippen molar-refractivity contribution >= 4 is 0 Å². The van der Waals surface area contributed by atoms with Crippen molar-refractivity contribution in [2.45, 2.75) is 61.0 Å². The van der Waals surface area contributed by atoms with Gasteiger partial charge in [0.2, 0.25) is 0 Å². The predicted molar refractivity (Wildman–Crippen MR) is 60.2 cm³/mol. The maximum Gasteiger partial charge on any atom is 0.103 e. The van der Waals surface area contributed by atoms with Crippen LogP contribution >= 0.6 is 0 Å². The number of hydrogen-bond acceptors (Lipinski definition) is 2. The second-order valence-electron chi connectivity index (χ2n) is 6.44. The molecule has 2 nitrogen and oxygen atoms in total. The van der Waals surface area contributed by atoms with Gasteiger partial charge in [0.1, 0.15) is 6.10 Å². The Balaban J connectivity index is 4.66. The molecule has 0 heterocycles. The third-order valence-corrected chi connectivity index (χ3v) is 2.54. The van der Waals surface area contributed by atoms with Crippen molar-refractivity contribution in [3.8, 4) is 0 Å². The Hall–Kier alpha value is -0.0800. The minimum Gasteiger partial charge on any atom is -0.251 e. The highest BCUT2D eigenvalue weighted by Gasteiger charge is 2.39. The average molecular weight is 202 g/mol. The van der Waals surface area contributed by atoms with Crippen molar-refractivity contribution in [2.75, 3.05) is 0 Å². The molecule has 1 atom stereocenters. The number of rotatable bonds is 4. The van der Waals surface area contributed by atoms with E-state index in [9.17, 15) is 0 Å². The molecule has 0 saturated carbocycles. The van der Waals surface area contributed by atoms with Crippen LogP contribution in [0.3, 0.4) is 0 Å². The summed E-state index contributed by atoms with van der Waals surface area (Å²) in [6.45, 7) is 15.0. The van der Waals surface area contributed by atoms with Gasteiger partial charge in [0.05, 0.1) is 0 Å². The minimum atomic E-state index is -0.127. The van der Waals surface area contributed by atoms with Crippen LogP contribution in [0.25, 0.3) is 0 Å². The Kier molecular flexibility index (Phi) is 4.60. The van der Waals surface area contributed by atoms with E-state index in [1.54, 1.807) is 0 Å². The molecule has 0 radical (unpaired) electrons. The third-order valence-electron chi connectivity index (χ3n) is 2.54. The largest absolute Gasteiger partial charge is 0.251 e. The van der Waals surface area contributed by atoms with Gasteiger partial charge in [0, 0.05) is 0 Å². The lowest BCUT2D eigenvalue weighted by Gasteiger charge is -2.41. The van der Waals surface area contributed by atoms with Crippen molar-refractivity contribution in [3.05, 3.63) is 0 Å². The first-order valence-corrected chi connectivity index (χ1v) is 5.41. The van der Waals surface area contributed by atoms with Gasteiger partial charge in [0.25, 0.3) is 0 Å². The molecule has 14 heavy (non-hydrogen) atoms. The fourth-order valence-corrected chi connectivity index (χ4v) is 2.63. The Labute approximate surface area is 88.6 Å². The van der Waals surface area contributed by atoms with Gasteiger partial charge in [-0.25, -0.2) is 4.89 Å². The molecule has 0 rings (SSSR count). The predicted octanol–water partition coefficient (Wildman–Crippen LogP) is 3.96. The van der Waals surface area contributed by atoms with E-state index in [1.165, 1.54) is 0 Å². The van der Waals surface area contributed by atoms with E-state index in [2.05, 4.69) is 53.4 Å². The van der Waals surface area contributed by atoms with Crippen LogP contribution in [0.15, 0.2) is 0 Å². The number of hydrogen-bond donors (Lipinski definition) is 1. The van der Waals surface area contributed by atoms with Crippen LogP contribution in [0.1, 0.15) is 54.9 Å². The standard InChI is InChI=1S/C12H26O2/c1-9(2)8-12(6,7)10(14-13)11(3,4)5/h9-10,13H,8H2,1-7H3. The highest BCUT2D eigenvalue weighted by atomic mass is 17.1. The van der Waals surface area contributed by atoms with Gasteiger partial charge < -0.3 is 0 Å². The molecule has 0 fully saturated rings. The van der Waals surface area contributed by atoms with E-state index in [0.717, 1.165) is 6.42 Å². The first kappa shape index (κ1) is 13.9. The molecule has 2 heteroatoms. The first-order chi connectivity index (χ1) is 6.11. The summed E-state index contributed by atoms with van der Waals surface area (Å²) in [5.41, 5.74) is -0.0334. The summed E-state index contributed by atoms with van der Waals surface area (Å²) in [5, 5.41) is 9.01. The monoisotopic (exact) mass is 202 g/mol. The molecule has 0 saturated heterocycles. The average Bonchev–Trinajstić information content (AvgIpc) is 1.79. The van der Waals surface area contributed by atoms with E-state index in [-0.39, 0.29) is 16.9 Å². The molecule has 86 valence electrons. The second kappa shape index (κ2) is 4.63. The van der Waals surface area contributed by atoms with Crippen LogP contribution in [0, 0.1) is 16.7 Å². The van der Waals surface area contributed by atoms with Gasteiger partial charge in [-0.3, -0.25) is 5.26 Å². The second-order valence-corrected chi connectivity index (χ2v) is 6.44. The van der Waals surface area contributed by atoms with Gasteiger partial charge >= 0.3 is 0 Å².